The molecule has 2 heterocycles. The number of hydrogen-bond acceptors (Lipinski definition) is 6. The van der Waals surface area contributed by atoms with E-state index in [1.165, 1.54) is 17.8 Å². The van der Waals surface area contributed by atoms with E-state index in [1.54, 1.807) is 57.2 Å². The minimum atomic E-state index is -1.15. The van der Waals surface area contributed by atoms with Crippen molar-refractivity contribution in [3.63, 3.8) is 0 Å². The molecule has 2 aromatic carbocycles. The van der Waals surface area contributed by atoms with Crippen molar-refractivity contribution in [3.8, 4) is 0 Å². The smallest absolute Gasteiger partial charge is 0.407 e. The average molecular weight is 532 g/mol. The van der Waals surface area contributed by atoms with E-state index in [1.807, 2.05) is 6.07 Å². The molecule has 2 aliphatic heterocycles. The van der Waals surface area contributed by atoms with Gasteiger partial charge in [0.1, 0.15) is 23.6 Å². The van der Waals surface area contributed by atoms with E-state index in [0.717, 1.165) is 0 Å². The lowest BCUT2D eigenvalue weighted by Gasteiger charge is -2.46. The van der Waals surface area contributed by atoms with Crippen molar-refractivity contribution in [1.29, 1.82) is 0 Å². The number of ether oxygens (including phenoxy) is 2. The van der Waals surface area contributed by atoms with Crippen LogP contribution in [-0.2, 0) is 21.6 Å². The Bertz CT molecular complexity index is 1170. The first-order valence-corrected chi connectivity index (χ1v) is 13.1. The molecule has 1 fully saturated rings. The van der Waals surface area contributed by atoms with E-state index in [0.29, 0.717) is 28.5 Å². The largest absolute Gasteiger partial charge is 0.444 e. The number of alkyl carbamates (subject to hydrolysis) is 1. The minimum Gasteiger partial charge on any atom is -0.444 e. The monoisotopic (exact) mass is 531 g/mol. The Kier molecular flexibility index (Phi) is 8.18. The lowest BCUT2D eigenvalue weighted by molar-refractivity contribution is -0.0653. The minimum absolute atomic E-state index is 0.0304. The number of nitrogens with zero attached hydrogens (tertiary/aromatic N) is 1. The maximum Gasteiger partial charge on any atom is 0.407 e. The summed E-state index contributed by atoms with van der Waals surface area (Å²) in [6.07, 6.45) is -0.805. The molecule has 198 valence electrons. The molecular formula is C27H31F2N3O4S. The second-order valence-corrected chi connectivity index (χ2v) is 11.2. The number of amides is 2. The van der Waals surface area contributed by atoms with Crippen LogP contribution in [-0.4, -0.2) is 47.9 Å². The standard InChI is InChI=1S/C27H31F2N3O4S/c1-26(2,3)36-25(34)30-14-17-9-10-22(29)21(11-17)27-16-35-20(13-28)12-19(27)15-37-24(32-27)31-23(33)18-7-5-4-6-8-18/h4-11,19-20H,12-16H2,1-3H3,(H,30,34)(H,31,32,33)/t19-,20+,27-/m0/s1. The van der Waals surface area contributed by atoms with E-state index < -0.39 is 35.8 Å². The molecule has 10 heteroatoms. The number of aliphatic imine (C=N–C) groups is 1. The highest BCUT2D eigenvalue weighted by Crippen LogP contribution is 2.47. The molecule has 1 saturated heterocycles. The molecule has 2 N–H and O–H groups in total. The fourth-order valence-corrected chi connectivity index (χ4v) is 5.62. The maximum atomic E-state index is 15.4. The third kappa shape index (κ3) is 6.48. The number of hydrogen-bond donors (Lipinski definition) is 2. The van der Waals surface area contributed by atoms with Gasteiger partial charge in [0, 0.05) is 29.3 Å². The third-order valence-corrected chi connectivity index (χ3v) is 7.28. The number of thioether (sulfide) groups is 1. The summed E-state index contributed by atoms with van der Waals surface area (Å²) in [5, 5.41) is 5.87. The topological polar surface area (TPSA) is 89.0 Å². The van der Waals surface area contributed by atoms with Crippen molar-refractivity contribution in [2.45, 2.75) is 51.0 Å². The van der Waals surface area contributed by atoms with E-state index >= 15 is 4.39 Å². The van der Waals surface area contributed by atoms with E-state index in [9.17, 15) is 14.0 Å². The first-order valence-electron chi connectivity index (χ1n) is 12.1. The number of halogens is 2. The fraction of sp³-hybridized carbons (Fsp3) is 0.444. The van der Waals surface area contributed by atoms with Gasteiger partial charge >= 0.3 is 6.09 Å². The summed E-state index contributed by atoms with van der Waals surface area (Å²) in [5.74, 6) is -0.520. The molecule has 0 aliphatic carbocycles. The summed E-state index contributed by atoms with van der Waals surface area (Å²) in [5.41, 5.74) is -0.398. The first-order chi connectivity index (χ1) is 17.6. The fourth-order valence-electron chi connectivity index (χ4n) is 4.46. The Balaban J connectivity index is 1.63. The highest BCUT2D eigenvalue weighted by atomic mass is 32.2. The van der Waals surface area contributed by atoms with Gasteiger partial charge in [-0.05, 0) is 57.0 Å². The van der Waals surface area contributed by atoms with Gasteiger partial charge in [-0.25, -0.2) is 18.6 Å². The molecule has 7 nitrogen and oxygen atoms in total. The van der Waals surface area contributed by atoms with Gasteiger partial charge in [-0.1, -0.05) is 36.0 Å². The van der Waals surface area contributed by atoms with Crippen LogP contribution in [0.1, 0.15) is 48.7 Å². The number of fused-ring (bicyclic) bond motifs is 1. The van der Waals surface area contributed by atoms with Crippen LogP contribution in [0.25, 0.3) is 0 Å². The second-order valence-electron chi connectivity index (χ2n) is 10.2. The van der Waals surface area contributed by atoms with Crippen molar-refractivity contribution in [2.24, 2.45) is 10.9 Å². The van der Waals surface area contributed by atoms with E-state index in [2.05, 4.69) is 10.6 Å². The predicted molar refractivity (Wildman–Crippen MR) is 139 cm³/mol. The van der Waals surface area contributed by atoms with Crippen LogP contribution in [0.2, 0.25) is 0 Å². The predicted octanol–water partition coefficient (Wildman–Crippen LogP) is 4.95. The summed E-state index contributed by atoms with van der Waals surface area (Å²) in [4.78, 5) is 29.7. The number of amidine groups is 1. The summed E-state index contributed by atoms with van der Waals surface area (Å²) >= 11 is 1.35. The van der Waals surface area contributed by atoms with Crippen LogP contribution in [0.15, 0.2) is 53.5 Å². The van der Waals surface area contributed by atoms with E-state index in [-0.39, 0.29) is 30.5 Å². The van der Waals surface area contributed by atoms with Crippen LogP contribution in [0.5, 0.6) is 0 Å². The summed E-state index contributed by atoms with van der Waals surface area (Å²) in [6.45, 7) is 4.75. The Morgan fingerprint density at radius 3 is 2.68 bits per heavy atom. The molecule has 0 radical (unpaired) electrons. The van der Waals surface area contributed by atoms with Gasteiger partial charge in [0.15, 0.2) is 5.17 Å². The van der Waals surface area contributed by atoms with Gasteiger partial charge in [0.05, 0.1) is 12.7 Å². The van der Waals surface area contributed by atoms with Gasteiger partial charge in [0.2, 0.25) is 0 Å². The number of benzene rings is 2. The molecular weight excluding hydrogens is 500 g/mol. The van der Waals surface area contributed by atoms with Crippen LogP contribution in [0, 0.1) is 11.7 Å². The molecule has 4 rings (SSSR count). The van der Waals surface area contributed by atoms with Crippen molar-refractivity contribution in [1.82, 2.24) is 10.6 Å². The highest BCUT2D eigenvalue weighted by Gasteiger charge is 2.50. The molecule has 37 heavy (non-hydrogen) atoms. The summed E-state index contributed by atoms with van der Waals surface area (Å²) < 4.78 is 39.9. The van der Waals surface area contributed by atoms with E-state index in [4.69, 9.17) is 14.5 Å². The Morgan fingerprint density at radius 1 is 1.22 bits per heavy atom. The van der Waals surface area contributed by atoms with Crippen molar-refractivity contribution in [2.75, 3.05) is 19.0 Å². The Labute approximate surface area is 219 Å². The quantitative estimate of drug-likeness (QED) is 0.570. The zero-order valence-corrected chi connectivity index (χ0v) is 21.9. The average Bonchev–Trinajstić information content (AvgIpc) is 2.87. The Morgan fingerprint density at radius 2 is 1.97 bits per heavy atom. The van der Waals surface area contributed by atoms with Gasteiger partial charge < -0.3 is 20.1 Å². The van der Waals surface area contributed by atoms with Crippen molar-refractivity contribution in [3.05, 3.63) is 71.0 Å². The van der Waals surface area contributed by atoms with Gasteiger partial charge in [-0.15, -0.1) is 0 Å². The van der Waals surface area contributed by atoms with Crippen LogP contribution in [0.3, 0.4) is 0 Å². The molecule has 2 amide bonds. The van der Waals surface area contributed by atoms with Gasteiger partial charge in [-0.2, -0.15) is 0 Å². The van der Waals surface area contributed by atoms with Crippen LogP contribution >= 0.6 is 11.8 Å². The SMILES string of the molecule is CC(C)(C)OC(=O)NCc1ccc(F)c([C@]23CO[C@@H](CF)C[C@H]2CSC(NC(=O)c2ccccc2)=N3)c1. The maximum absolute atomic E-state index is 15.4. The zero-order valence-electron chi connectivity index (χ0n) is 21.1. The molecule has 0 spiro atoms. The number of nitrogens with one attached hydrogen (secondary N) is 2. The summed E-state index contributed by atoms with van der Waals surface area (Å²) in [7, 11) is 0. The lowest BCUT2D eigenvalue weighted by Crippen LogP contribution is -2.51. The Hall–Kier alpha value is -2.98. The molecule has 2 aliphatic rings. The second kappa shape index (κ2) is 11.2. The molecule has 2 aromatic rings. The molecule has 0 saturated carbocycles. The number of rotatable bonds is 5. The van der Waals surface area contributed by atoms with Crippen LogP contribution in [0.4, 0.5) is 13.6 Å². The van der Waals surface area contributed by atoms with Gasteiger partial charge in [-0.3, -0.25) is 4.79 Å². The van der Waals surface area contributed by atoms with Crippen molar-refractivity contribution < 1.29 is 27.8 Å². The van der Waals surface area contributed by atoms with Crippen LogP contribution < -0.4 is 10.6 Å². The van der Waals surface area contributed by atoms with Gasteiger partial charge in [0.25, 0.3) is 5.91 Å². The number of carbonyl (C=O) groups is 2. The summed E-state index contributed by atoms with van der Waals surface area (Å²) in [6, 6.07) is 13.3. The lowest BCUT2D eigenvalue weighted by atomic mass is 9.74. The highest BCUT2D eigenvalue weighted by molar-refractivity contribution is 8.13. The molecule has 0 bridgehead atoms. The molecule has 0 unspecified atom stereocenters. The third-order valence-electron chi connectivity index (χ3n) is 6.25. The number of alkyl halides is 1. The molecule has 0 aromatic heterocycles. The zero-order chi connectivity index (χ0) is 26.6. The van der Waals surface area contributed by atoms with Crippen molar-refractivity contribution >= 4 is 28.9 Å². The first kappa shape index (κ1) is 27.1. The molecule has 3 atom stereocenters. The normalized spacial score (nSPS) is 23.4. The number of carbonyl (C=O) groups excluding carboxylic acids is 2.